The second-order valence-corrected chi connectivity index (χ2v) is 6.01. The van der Waals surface area contributed by atoms with E-state index in [1.54, 1.807) is 12.1 Å². The molecule has 1 aromatic rings. The average Bonchev–Trinajstić information content (AvgIpc) is 2.17. The number of nitrogen functional groups attached to an aromatic ring is 1. The van der Waals surface area contributed by atoms with Crippen molar-refractivity contribution < 1.29 is 4.79 Å². The van der Waals surface area contributed by atoms with Crippen LogP contribution >= 0.6 is 0 Å². The van der Waals surface area contributed by atoms with Gasteiger partial charge in [-0.15, -0.1) is 0 Å². The van der Waals surface area contributed by atoms with Gasteiger partial charge in [-0.05, 0) is 30.2 Å². The quantitative estimate of drug-likeness (QED) is 0.800. The maximum absolute atomic E-state index is 11.0. The van der Waals surface area contributed by atoms with Crippen LogP contribution in [0.4, 0.5) is 5.69 Å². The molecule has 0 spiro atoms. The first-order valence-electron chi connectivity index (χ1n) is 6.06. The number of nitrogens with zero attached hydrogens (tertiary/aromatic N) is 1. The lowest BCUT2D eigenvalue weighted by Crippen LogP contribution is -2.29. The smallest absolute Gasteiger partial charge is 0.248 e. The Morgan fingerprint density at radius 2 is 1.94 bits per heavy atom. The first-order valence-corrected chi connectivity index (χ1v) is 6.06. The lowest BCUT2D eigenvalue weighted by molar-refractivity contribution is 0.100. The molecule has 0 saturated heterocycles. The normalized spacial score (nSPS) is 11.8. The maximum Gasteiger partial charge on any atom is 0.248 e. The van der Waals surface area contributed by atoms with Crippen molar-refractivity contribution in [2.24, 2.45) is 11.1 Å². The zero-order valence-electron chi connectivity index (χ0n) is 11.7. The summed E-state index contributed by atoms with van der Waals surface area (Å²) in [7, 11) is 2.06. The van der Waals surface area contributed by atoms with Gasteiger partial charge in [-0.3, -0.25) is 4.79 Å². The minimum atomic E-state index is -0.448. The topological polar surface area (TPSA) is 72.3 Å². The van der Waals surface area contributed by atoms with E-state index >= 15 is 0 Å². The molecule has 4 nitrogen and oxygen atoms in total. The molecule has 18 heavy (non-hydrogen) atoms. The van der Waals surface area contributed by atoms with Crippen LogP contribution in [0.3, 0.4) is 0 Å². The molecular weight excluding hydrogens is 226 g/mol. The van der Waals surface area contributed by atoms with Crippen molar-refractivity contribution in [2.75, 3.05) is 19.3 Å². The highest BCUT2D eigenvalue weighted by Crippen LogP contribution is 2.19. The van der Waals surface area contributed by atoms with Gasteiger partial charge in [-0.25, -0.2) is 0 Å². The van der Waals surface area contributed by atoms with Gasteiger partial charge in [0.25, 0.3) is 0 Å². The third-order valence-electron chi connectivity index (χ3n) is 2.61. The van der Waals surface area contributed by atoms with E-state index in [0.717, 1.165) is 18.7 Å². The Bertz CT molecular complexity index is 435. The number of benzene rings is 1. The van der Waals surface area contributed by atoms with E-state index in [1.807, 2.05) is 6.07 Å². The lowest BCUT2D eigenvalue weighted by Gasteiger charge is -2.26. The number of hydrogen-bond acceptors (Lipinski definition) is 3. The molecule has 0 radical (unpaired) electrons. The average molecular weight is 249 g/mol. The summed E-state index contributed by atoms with van der Waals surface area (Å²) < 4.78 is 0. The molecule has 0 fully saturated rings. The number of hydrogen-bond donors (Lipinski definition) is 2. The summed E-state index contributed by atoms with van der Waals surface area (Å²) in [6.45, 7) is 8.33. The molecule has 1 amide bonds. The van der Waals surface area contributed by atoms with Crippen LogP contribution in [0.2, 0.25) is 0 Å². The monoisotopic (exact) mass is 249 g/mol. The second-order valence-electron chi connectivity index (χ2n) is 6.01. The van der Waals surface area contributed by atoms with E-state index in [-0.39, 0.29) is 5.41 Å². The summed E-state index contributed by atoms with van der Waals surface area (Å²) in [6.07, 6.45) is 0. The Morgan fingerprint density at radius 1 is 1.33 bits per heavy atom. The third kappa shape index (κ3) is 4.37. The van der Waals surface area contributed by atoms with Crippen LogP contribution in [0.15, 0.2) is 18.2 Å². The summed E-state index contributed by atoms with van der Waals surface area (Å²) in [5.41, 5.74) is 13.5. The molecule has 0 heterocycles. The first kappa shape index (κ1) is 14.5. The van der Waals surface area contributed by atoms with Gasteiger partial charge in [0.05, 0.1) is 0 Å². The van der Waals surface area contributed by atoms with Gasteiger partial charge in [-0.2, -0.15) is 0 Å². The highest BCUT2D eigenvalue weighted by atomic mass is 16.1. The van der Waals surface area contributed by atoms with Crippen molar-refractivity contribution in [1.29, 1.82) is 0 Å². The maximum atomic E-state index is 11.0. The van der Waals surface area contributed by atoms with Crippen LogP contribution in [-0.2, 0) is 6.54 Å². The van der Waals surface area contributed by atoms with Crippen LogP contribution in [0, 0.1) is 5.41 Å². The zero-order valence-corrected chi connectivity index (χ0v) is 11.7. The Labute approximate surface area is 109 Å². The molecule has 0 aromatic heterocycles. The Kier molecular flexibility index (Phi) is 4.35. The number of amides is 1. The van der Waals surface area contributed by atoms with Gasteiger partial charge < -0.3 is 16.4 Å². The van der Waals surface area contributed by atoms with Crippen LogP contribution < -0.4 is 11.5 Å². The molecular formula is C14H23N3O. The van der Waals surface area contributed by atoms with Gasteiger partial charge in [0.2, 0.25) is 5.91 Å². The van der Waals surface area contributed by atoms with Crippen molar-refractivity contribution in [1.82, 2.24) is 4.90 Å². The fourth-order valence-corrected chi connectivity index (χ4v) is 2.05. The number of carbonyl (C=O) groups is 1. The van der Waals surface area contributed by atoms with Gasteiger partial charge in [0.15, 0.2) is 0 Å². The summed E-state index contributed by atoms with van der Waals surface area (Å²) in [4.78, 5) is 13.2. The second kappa shape index (κ2) is 5.40. The van der Waals surface area contributed by atoms with E-state index in [2.05, 4.69) is 32.7 Å². The van der Waals surface area contributed by atoms with Crippen LogP contribution in [0.5, 0.6) is 0 Å². The first-order chi connectivity index (χ1) is 8.19. The van der Waals surface area contributed by atoms with Crippen molar-refractivity contribution in [3.63, 3.8) is 0 Å². The summed E-state index contributed by atoms with van der Waals surface area (Å²) in [6, 6.07) is 5.23. The summed E-state index contributed by atoms with van der Waals surface area (Å²) in [5.74, 6) is -0.448. The number of primary amides is 1. The minimum Gasteiger partial charge on any atom is -0.398 e. The number of nitrogens with two attached hydrogens (primary N) is 2. The van der Waals surface area contributed by atoms with Crippen molar-refractivity contribution in [2.45, 2.75) is 27.3 Å². The number of carbonyl (C=O) groups excluding carboxylic acids is 1. The van der Waals surface area contributed by atoms with E-state index in [4.69, 9.17) is 11.5 Å². The Balaban J connectivity index is 2.77. The third-order valence-corrected chi connectivity index (χ3v) is 2.61. The van der Waals surface area contributed by atoms with Crippen molar-refractivity contribution in [3.8, 4) is 0 Å². The minimum absolute atomic E-state index is 0.247. The molecule has 4 N–H and O–H groups in total. The molecule has 0 saturated carbocycles. The lowest BCUT2D eigenvalue weighted by atomic mass is 9.96. The Hall–Kier alpha value is -1.55. The predicted molar refractivity (Wildman–Crippen MR) is 75.2 cm³/mol. The molecule has 0 aliphatic carbocycles. The van der Waals surface area contributed by atoms with E-state index in [0.29, 0.717) is 11.3 Å². The van der Waals surface area contributed by atoms with Gasteiger partial charge in [0.1, 0.15) is 0 Å². The zero-order chi connectivity index (χ0) is 13.9. The SMILES string of the molecule is CN(Cc1ccc(C(N)=O)cc1N)CC(C)(C)C. The van der Waals surface area contributed by atoms with Gasteiger partial charge in [0, 0.05) is 24.3 Å². The Morgan fingerprint density at radius 3 is 2.39 bits per heavy atom. The van der Waals surface area contributed by atoms with Crippen LogP contribution in [-0.4, -0.2) is 24.4 Å². The molecule has 0 aliphatic rings. The number of rotatable bonds is 4. The van der Waals surface area contributed by atoms with Crippen LogP contribution in [0.25, 0.3) is 0 Å². The molecule has 0 bridgehead atoms. The highest BCUT2D eigenvalue weighted by Gasteiger charge is 2.14. The molecule has 4 heteroatoms. The largest absolute Gasteiger partial charge is 0.398 e. The predicted octanol–water partition coefficient (Wildman–Crippen LogP) is 1.85. The van der Waals surface area contributed by atoms with E-state index in [1.165, 1.54) is 0 Å². The summed E-state index contributed by atoms with van der Waals surface area (Å²) >= 11 is 0. The summed E-state index contributed by atoms with van der Waals surface area (Å²) in [5, 5.41) is 0. The van der Waals surface area contributed by atoms with Gasteiger partial charge >= 0.3 is 0 Å². The van der Waals surface area contributed by atoms with Crippen molar-refractivity contribution >= 4 is 11.6 Å². The molecule has 0 aliphatic heterocycles. The molecule has 0 unspecified atom stereocenters. The fourth-order valence-electron chi connectivity index (χ4n) is 2.05. The fraction of sp³-hybridized carbons (Fsp3) is 0.500. The number of anilines is 1. The standard InChI is InChI=1S/C14H23N3O/c1-14(2,3)9-17(4)8-11-6-5-10(13(16)18)7-12(11)15/h5-7H,8-9,15H2,1-4H3,(H2,16,18). The highest BCUT2D eigenvalue weighted by molar-refractivity contribution is 5.93. The molecule has 100 valence electrons. The van der Waals surface area contributed by atoms with E-state index < -0.39 is 5.91 Å². The molecule has 1 rings (SSSR count). The molecule has 0 atom stereocenters. The molecule has 1 aromatic carbocycles. The van der Waals surface area contributed by atoms with Gasteiger partial charge in [-0.1, -0.05) is 26.8 Å². The van der Waals surface area contributed by atoms with E-state index in [9.17, 15) is 4.79 Å². The van der Waals surface area contributed by atoms with Crippen molar-refractivity contribution in [3.05, 3.63) is 29.3 Å². The van der Waals surface area contributed by atoms with Crippen LogP contribution in [0.1, 0.15) is 36.7 Å².